The molecule has 5 nitrogen and oxygen atoms in total. The van der Waals surface area contributed by atoms with Crippen molar-refractivity contribution in [1.29, 1.82) is 0 Å². The predicted molar refractivity (Wildman–Crippen MR) is 61.6 cm³/mol. The highest BCUT2D eigenvalue weighted by molar-refractivity contribution is 5.84. The third-order valence-electron chi connectivity index (χ3n) is 2.99. The lowest BCUT2D eigenvalue weighted by Crippen LogP contribution is -2.40. The summed E-state index contributed by atoms with van der Waals surface area (Å²) in [5.74, 6) is 0.313. The van der Waals surface area contributed by atoms with Gasteiger partial charge in [0.1, 0.15) is 0 Å². The molecule has 5 heteroatoms. The minimum Gasteiger partial charge on any atom is -0.347 e. The summed E-state index contributed by atoms with van der Waals surface area (Å²) in [6, 6.07) is -0.0426. The molecule has 0 bridgehead atoms. The second kappa shape index (κ2) is 5.84. The number of carbonyl (C=O) groups excluding carboxylic acids is 2. The molecule has 0 aromatic heterocycles. The highest BCUT2D eigenvalue weighted by atomic mass is 16.2. The van der Waals surface area contributed by atoms with Crippen molar-refractivity contribution in [2.75, 3.05) is 20.1 Å². The summed E-state index contributed by atoms with van der Waals surface area (Å²) in [5, 5.41) is 2.60. The summed E-state index contributed by atoms with van der Waals surface area (Å²) >= 11 is 0. The Labute approximate surface area is 96.4 Å². The first-order chi connectivity index (χ1) is 7.54. The summed E-state index contributed by atoms with van der Waals surface area (Å²) in [6.45, 7) is 2.61. The van der Waals surface area contributed by atoms with E-state index >= 15 is 0 Å². The number of nitrogens with zero attached hydrogens (tertiary/aromatic N) is 1. The molecule has 1 rings (SSSR count). The molecule has 1 aliphatic rings. The quantitative estimate of drug-likeness (QED) is 0.654. The van der Waals surface area contributed by atoms with Gasteiger partial charge in [-0.25, -0.2) is 0 Å². The van der Waals surface area contributed by atoms with Crippen LogP contribution in [-0.4, -0.2) is 42.9 Å². The summed E-state index contributed by atoms with van der Waals surface area (Å²) < 4.78 is 0. The van der Waals surface area contributed by atoms with E-state index in [1.165, 1.54) is 0 Å². The highest BCUT2D eigenvalue weighted by Gasteiger charge is 2.29. The molecule has 1 saturated carbocycles. The van der Waals surface area contributed by atoms with Crippen molar-refractivity contribution in [3.8, 4) is 0 Å². The Kier molecular flexibility index (Phi) is 4.73. The molecule has 0 saturated heterocycles. The summed E-state index contributed by atoms with van der Waals surface area (Å²) in [5.41, 5.74) is 5.82. The number of likely N-dealkylation sites (N-methyl/N-ethyl adjacent to an activating group) is 1. The predicted octanol–water partition coefficient (Wildman–Crippen LogP) is -0.292. The van der Waals surface area contributed by atoms with Crippen LogP contribution in [0.25, 0.3) is 0 Å². The van der Waals surface area contributed by atoms with Gasteiger partial charge in [0.2, 0.25) is 11.8 Å². The van der Waals surface area contributed by atoms with Crippen LogP contribution in [0.3, 0.4) is 0 Å². The molecule has 0 heterocycles. The minimum absolute atomic E-state index is 0.0426. The van der Waals surface area contributed by atoms with Crippen LogP contribution in [0.1, 0.15) is 26.2 Å². The van der Waals surface area contributed by atoms with Gasteiger partial charge < -0.3 is 16.0 Å². The maximum absolute atomic E-state index is 11.4. The van der Waals surface area contributed by atoms with Crippen molar-refractivity contribution in [2.45, 2.75) is 32.2 Å². The van der Waals surface area contributed by atoms with Crippen molar-refractivity contribution in [3.63, 3.8) is 0 Å². The van der Waals surface area contributed by atoms with Crippen LogP contribution in [-0.2, 0) is 9.59 Å². The Morgan fingerprint density at radius 3 is 2.62 bits per heavy atom. The molecular formula is C11H21N3O2. The number of nitrogens with one attached hydrogen (secondary N) is 1. The lowest BCUT2D eigenvalue weighted by Gasteiger charge is -2.15. The molecule has 0 aliphatic heterocycles. The fourth-order valence-corrected chi connectivity index (χ4v) is 1.46. The van der Waals surface area contributed by atoms with Crippen molar-refractivity contribution < 1.29 is 9.59 Å². The molecule has 0 spiro atoms. The fraction of sp³-hybridized carbons (Fsp3) is 0.818. The van der Waals surface area contributed by atoms with E-state index < -0.39 is 0 Å². The Morgan fingerprint density at radius 2 is 2.12 bits per heavy atom. The van der Waals surface area contributed by atoms with E-state index in [4.69, 9.17) is 5.73 Å². The average molecular weight is 227 g/mol. The van der Waals surface area contributed by atoms with Crippen LogP contribution in [0.2, 0.25) is 0 Å². The number of nitrogens with two attached hydrogens (primary N) is 1. The topological polar surface area (TPSA) is 75.4 Å². The number of hydrogen-bond acceptors (Lipinski definition) is 3. The fourth-order valence-electron chi connectivity index (χ4n) is 1.46. The van der Waals surface area contributed by atoms with Gasteiger partial charge in [-0.2, -0.15) is 0 Å². The average Bonchev–Trinajstić information content (AvgIpc) is 3.08. The molecule has 2 amide bonds. The Morgan fingerprint density at radius 1 is 1.50 bits per heavy atom. The van der Waals surface area contributed by atoms with Gasteiger partial charge in [0.15, 0.2) is 0 Å². The molecule has 0 aromatic rings. The van der Waals surface area contributed by atoms with E-state index in [0.717, 1.165) is 12.8 Å². The molecule has 1 atom stereocenters. The Bertz CT molecular complexity index is 264. The lowest BCUT2D eigenvalue weighted by atomic mass is 10.1. The largest absolute Gasteiger partial charge is 0.347 e. The van der Waals surface area contributed by atoms with Crippen LogP contribution < -0.4 is 11.1 Å². The van der Waals surface area contributed by atoms with Crippen molar-refractivity contribution in [2.24, 2.45) is 11.7 Å². The zero-order chi connectivity index (χ0) is 12.1. The second-order valence-corrected chi connectivity index (χ2v) is 4.39. The second-order valence-electron chi connectivity index (χ2n) is 4.39. The van der Waals surface area contributed by atoms with Crippen LogP contribution in [0.15, 0.2) is 0 Å². The first kappa shape index (κ1) is 13.0. The standard InChI is InChI=1S/C11H21N3O2/c1-3-14(2)11(16)7-13-10(15)6-9(12)8-4-5-8/h8-9H,3-7,12H2,1-2H3,(H,13,15). The zero-order valence-corrected chi connectivity index (χ0v) is 10.0. The molecule has 0 radical (unpaired) electrons. The molecular weight excluding hydrogens is 206 g/mol. The van der Waals surface area contributed by atoms with Crippen molar-refractivity contribution >= 4 is 11.8 Å². The third-order valence-corrected chi connectivity index (χ3v) is 2.99. The monoisotopic (exact) mass is 227 g/mol. The van der Waals surface area contributed by atoms with E-state index in [9.17, 15) is 9.59 Å². The summed E-state index contributed by atoms with van der Waals surface area (Å²) in [6.07, 6.45) is 2.59. The zero-order valence-electron chi connectivity index (χ0n) is 10.0. The van der Waals surface area contributed by atoms with Crippen molar-refractivity contribution in [3.05, 3.63) is 0 Å². The molecule has 0 aromatic carbocycles. The van der Waals surface area contributed by atoms with Crippen LogP contribution >= 0.6 is 0 Å². The number of amides is 2. The summed E-state index contributed by atoms with van der Waals surface area (Å²) in [4.78, 5) is 24.4. The van der Waals surface area contributed by atoms with E-state index in [0.29, 0.717) is 18.9 Å². The third kappa shape index (κ3) is 4.18. The number of carbonyl (C=O) groups is 2. The summed E-state index contributed by atoms with van der Waals surface area (Å²) in [7, 11) is 1.71. The molecule has 1 unspecified atom stereocenters. The molecule has 3 N–H and O–H groups in total. The van der Waals surface area contributed by atoms with E-state index in [1.807, 2.05) is 6.92 Å². The maximum atomic E-state index is 11.4. The minimum atomic E-state index is -0.128. The van der Waals surface area contributed by atoms with Crippen LogP contribution in [0.4, 0.5) is 0 Å². The van der Waals surface area contributed by atoms with Gasteiger partial charge in [0.25, 0.3) is 0 Å². The Hall–Kier alpha value is -1.10. The van der Waals surface area contributed by atoms with E-state index in [1.54, 1.807) is 11.9 Å². The number of hydrogen-bond donors (Lipinski definition) is 2. The highest BCUT2D eigenvalue weighted by Crippen LogP contribution is 2.32. The normalized spacial score (nSPS) is 16.7. The van der Waals surface area contributed by atoms with E-state index in [-0.39, 0.29) is 24.4 Å². The first-order valence-corrected chi connectivity index (χ1v) is 5.80. The van der Waals surface area contributed by atoms with Gasteiger partial charge in [-0.15, -0.1) is 0 Å². The van der Waals surface area contributed by atoms with Gasteiger partial charge in [0, 0.05) is 26.1 Å². The van der Waals surface area contributed by atoms with Crippen LogP contribution in [0, 0.1) is 5.92 Å². The van der Waals surface area contributed by atoms with Gasteiger partial charge in [0.05, 0.1) is 6.54 Å². The van der Waals surface area contributed by atoms with Crippen molar-refractivity contribution in [1.82, 2.24) is 10.2 Å². The SMILES string of the molecule is CCN(C)C(=O)CNC(=O)CC(N)C1CC1. The molecule has 92 valence electrons. The number of rotatable bonds is 6. The van der Waals surface area contributed by atoms with Gasteiger partial charge >= 0.3 is 0 Å². The van der Waals surface area contributed by atoms with Gasteiger partial charge in [-0.05, 0) is 25.7 Å². The maximum Gasteiger partial charge on any atom is 0.241 e. The smallest absolute Gasteiger partial charge is 0.241 e. The van der Waals surface area contributed by atoms with Gasteiger partial charge in [-0.3, -0.25) is 9.59 Å². The Balaban J connectivity index is 2.16. The van der Waals surface area contributed by atoms with E-state index in [2.05, 4.69) is 5.32 Å². The lowest BCUT2D eigenvalue weighted by molar-refractivity contribution is -0.131. The van der Waals surface area contributed by atoms with Crippen LogP contribution in [0.5, 0.6) is 0 Å². The first-order valence-electron chi connectivity index (χ1n) is 5.80. The molecule has 1 aliphatic carbocycles. The van der Waals surface area contributed by atoms with Gasteiger partial charge in [-0.1, -0.05) is 0 Å². The molecule has 16 heavy (non-hydrogen) atoms. The molecule has 1 fully saturated rings.